The summed E-state index contributed by atoms with van der Waals surface area (Å²) in [7, 11) is 0. The van der Waals surface area contributed by atoms with Crippen LogP contribution in [0.3, 0.4) is 0 Å². The average molecular weight is 393 g/mol. The molecule has 120 valence electrons. The highest BCUT2D eigenvalue weighted by atomic mass is 127. The van der Waals surface area contributed by atoms with Crippen molar-refractivity contribution in [3.05, 3.63) is 0 Å². The number of halogens is 1. The first-order valence-corrected chi connectivity index (χ1v) is 11.8. The summed E-state index contributed by atoms with van der Waals surface area (Å²) in [5.41, 5.74) is 0.597. The van der Waals surface area contributed by atoms with Crippen molar-refractivity contribution in [3.63, 3.8) is 0 Å². The number of rotatable bonds is 9. The van der Waals surface area contributed by atoms with Crippen molar-refractivity contribution in [2.24, 2.45) is 17.3 Å². The second kappa shape index (κ2) is 9.69. The third kappa shape index (κ3) is 6.66. The van der Waals surface area contributed by atoms with Crippen LogP contribution in [0.4, 0.5) is 0 Å². The van der Waals surface area contributed by atoms with Crippen LogP contribution in [0.15, 0.2) is 0 Å². The summed E-state index contributed by atoms with van der Waals surface area (Å²) in [4.78, 5) is 0. The molecule has 0 spiro atoms. The Morgan fingerprint density at radius 3 is 2.25 bits per heavy atom. The second-order valence-electron chi connectivity index (χ2n) is 7.64. The molecule has 1 heteroatoms. The zero-order valence-electron chi connectivity index (χ0n) is 14.7. The molecule has 1 aliphatic carbocycles. The van der Waals surface area contributed by atoms with Gasteiger partial charge >= 0.3 is 0 Å². The Hall–Kier alpha value is 0.730. The van der Waals surface area contributed by atoms with E-state index in [1.165, 1.54) is 48.9 Å². The van der Waals surface area contributed by atoms with Crippen molar-refractivity contribution in [3.8, 4) is 0 Å². The number of hydrogen-bond acceptors (Lipinski definition) is 0. The Morgan fingerprint density at radius 1 is 1.05 bits per heavy atom. The summed E-state index contributed by atoms with van der Waals surface area (Å²) in [6, 6.07) is 0. The lowest BCUT2D eigenvalue weighted by Crippen LogP contribution is -3.66. The van der Waals surface area contributed by atoms with Gasteiger partial charge in [-0.1, -0.05) is 53.9 Å². The summed E-state index contributed by atoms with van der Waals surface area (Å²) >= 11 is 0.506. The van der Waals surface area contributed by atoms with Gasteiger partial charge in [-0.25, -0.2) is 0 Å². The maximum atomic E-state index is 2.49. The molecule has 0 saturated heterocycles. The molecule has 0 amide bonds. The van der Waals surface area contributed by atoms with Crippen LogP contribution in [0.2, 0.25) is 0 Å². The SMILES string of the molecule is CCC(C)CCCC[I+]C1CCC(C(C)(C)CC)CC1. The fourth-order valence-corrected chi connectivity index (χ4v) is 6.76. The molecule has 0 aromatic carbocycles. The fraction of sp³-hybridized carbons (Fsp3) is 1.00. The lowest BCUT2D eigenvalue weighted by atomic mass is 9.70. The van der Waals surface area contributed by atoms with Crippen LogP contribution in [0.5, 0.6) is 0 Å². The summed E-state index contributed by atoms with van der Waals surface area (Å²) in [6.07, 6.45) is 13.4. The Balaban J connectivity index is 2.08. The van der Waals surface area contributed by atoms with Crippen molar-refractivity contribution in [2.45, 2.75) is 96.3 Å². The Labute approximate surface area is 139 Å². The van der Waals surface area contributed by atoms with E-state index in [0.717, 1.165) is 11.8 Å². The molecule has 1 rings (SSSR count). The molecule has 0 bridgehead atoms. The average Bonchev–Trinajstić information content (AvgIpc) is 2.47. The Morgan fingerprint density at radius 2 is 1.70 bits per heavy atom. The molecule has 1 unspecified atom stereocenters. The van der Waals surface area contributed by atoms with E-state index in [2.05, 4.69) is 34.6 Å². The van der Waals surface area contributed by atoms with E-state index >= 15 is 0 Å². The predicted octanol–water partition coefficient (Wildman–Crippen LogP) is 3.29. The van der Waals surface area contributed by atoms with Crippen LogP contribution in [-0.2, 0) is 0 Å². The topological polar surface area (TPSA) is 0 Å². The fourth-order valence-electron chi connectivity index (χ4n) is 3.30. The molecule has 0 N–H and O–H groups in total. The van der Waals surface area contributed by atoms with E-state index in [9.17, 15) is 0 Å². The number of hydrogen-bond donors (Lipinski definition) is 0. The number of alkyl halides is 2. The van der Waals surface area contributed by atoms with Crippen molar-refractivity contribution in [2.75, 3.05) is 4.43 Å². The number of unbranched alkanes of at least 4 members (excludes halogenated alkanes) is 1. The van der Waals surface area contributed by atoms with E-state index in [1.807, 2.05) is 0 Å². The molecular formula is C19H38I+. The molecule has 0 radical (unpaired) electrons. The minimum absolute atomic E-state index is 0.506. The van der Waals surface area contributed by atoms with Gasteiger partial charge in [0.1, 0.15) is 4.43 Å². The minimum Gasteiger partial charge on any atom is -0.0651 e. The van der Waals surface area contributed by atoms with Crippen LogP contribution in [0.25, 0.3) is 0 Å². The van der Waals surface area contributed by atoms with Gasteiger partial charge in [0, 0.05) is 0 Å². The van der Waals surface area contributed by atoms with Gasteiger partial charge in [0.15, 0.2) is 3.92 Å². The zero-order valence-corrected chi connectivity index (χ0v) is 16.8. The van der Waals surface area contributed by atoms with Gasteiger partial charge in [-0.3, -0.25) is 0 Å². The molecule has 1 saturated carbocycles. The van der Waals surface area contributed by atoms with E-state index in [-0.39, 0.29) is 0 Å². The van der Waals surface area contributed by atoms with Gasteiger partial charge in [0.05, 0.1) is 0 Å². The van der Waals surface area contributed by atoms with Gasteiger partial charge in [0.2, 0.25) is 0 Å². The third-order valence-corrected chi connectivity index (χ3v) is 9.65. The molecular weight excluding hydrogens is 355 g/mol. The van der Waals surface area contributed by atoms with Crippen LogP contribution in [-0.4, -0.2) is 8.35 Å². The molecule has 0 aliphatic heterocycles. The normalized spacial score (nSPS) is 25.6. The molecule has 0 nitrogen and oxygen atoms in total. The summed E-state index contributed by atoms with van der Waals surface area (Å²) < 4.78 is 2.77. The van der Waals surface area contributed by atoms with Gasteiger partial charge < -0.3 is 0 Å². The Kier molecular flexibility index (Phi) is 9.10. The molecule has 20 heavy (non-hydrogen) atoms. The van der Waals surface area contributed by atoms with Gasteiger partial charge in [-0.05, 0) is 55.8 Å². The summed E-state index contributed by atoms with van der Waals surface area (Å²) in [5, 5.41) is 0. The van der Waals surface area contributed by atoms with Crippen molar-refractivity contribution in [1.29, 1.82) is 0 Å². The van der Waals surface area contributed by atoms with E-state index in [0.29, 0.717) is 26.6 Å². The van der Waals surface area contributed by atoms with Gasteiger partial charge in [-0.2, -0.15) is 0 Å². The monoisotopic (exact) mass is 393 g/mol. The van der Waals surface area contributed by atoms with Crippen molar-refractivity contribution in [1.82, 2.24) is 0 Å². The molecule has 0 aromatic rings. The maximum absolute atomic E-state index is 2.49. The van der Waals surface area contributed by atoms with Crippen LogP contribution in [0.1, 0.15) is 92.4 Å². The zero-order chi connectivity index (χ0) is 15.0. The second-order valence-corrected chi connectivity index (χ2v) is 11.4. The molecule has 0 aromatic heterocycles. The van der Waals surface area contributed by atoms with Crippen molar-refractivity contribution < 1.29 is 21.2 Å². The molecule has 0 heterocycles. The predicted molar refractivity (Wildman–Crippen MR) is 88.0 cm³/mol. The maximum Gasteiger partial charge on any atom is 0.272 e. The quantitative estimate of drug-likeness (QED) is 0.320. The Bertz CT molecular complexity index is 238. The standard InChI is InChI=1S/C19H38I/c1-6-16(3)10-8-9-15-20-18-13-11-17(12-14-18)19(4,5)7-2/h16-18H,6-15H2,1-5H3/q+1. The van der Waals surface area contributed by atoms with E-state index in [4.69, 9.17) is 0 Å². The summed E-state index contributed by atoms with van der Waals surface area (Å²) in [6.45, 7) is 12.1. The molecule has 1 aliphatic rings. The van der Waals surface area contributed by atoms with Gasteiger partial charge in [0.25, 0.3) is 21.2 Å². The first kappa shape index (κ1) is 18.8. The minimum atomic E-state index is 0.506. The highest BCUT2D eigenvalue weighted by Crippen LogP contribution is 2.39. The summed E-state index contributed by atoms with van der Waals surface area (Å²) in [5.74, 6) is 1.97. The highest BCUT2D eigenvalue weighted by molar-refractivity contribution is 4.82. The van der Waals surface area contributed by atoms with Crippen molar-refractivity contribution >= 4 is 0 Å². The highest BCUT2D eigenvalue weighted by Gasteiger charge is 2.35. The van der Waals surface area contributed by atoms with Gasteiger partial charge in [-0.15, -0.1) is 0 Å². The van der Waals surface area contributed by atoms with E-state index in [1.54, 1.807) is 17.3 Å². The van der Waals surface area contributed by atoms with E-state index < -0.39 is 0 Å². The molecule has 1 fully saturated rings. The largest absolute Gasteiger partial charge is 0.272 e. The van der Waals surface area contributed by atoms with Crippen LogP contribution >= 0.6 is 0 Å². The first-order chi connectivity index (χ1) is 9.49. The van der Waals surface area contributed by atoms with Crippen LogP contribution < -0.4 is 21.2 Å². The smallest absolute Gasteiger partial charge is 0.0651 e. The lowest BCUT2D eigenvalue weighted by Gasteiger charge is -2.36. The molecule has 1 atom stereocenters. The lowest BCUT2D eigenvalue weighted by molar-refractivity contribution is -0.692. The first-order valence-electron chi connectivity index (χ1n) is 9.07. The third-order valence-electron chi connectivity index (χ3n) is 5.78. The van der Waals surface area contributed by atoms with Crippen LogP contribution in [0, 0.1) is 17.3 Å².